The van der Waals surface area contributed by atoms with Crippen molar-refractivity contribution in [3.63, 3.8) is 0 Å². The van der Waals surface area contributed by atoms with E-state index in [9.17, 15) is 9.59 Å². The lowest BCUT2D eigenvalue weighted by Gasteiger charge is -2.23. The first-order valence-electron chi connectivity index (χ1n) is 7.68. The highest BCUT2D eigenvalue weighted by molar-refractivity contribution is 6.14. The third-order valence-corrected chi connectivity index (χ3v) is 4.41. The summed E-state index contributed by atoms with van der Waals surface area (Å²) in [6, 6.07) is 16.8. The number of hydrogen-bond acceptors (Lipinski definition) is 2. The predicted molar refractivity (Wildman–Crippen MR) is 91.0 cm³/mol. The largest absolute Gasteiger partial charge is 0.322 e. The first kappa shape index (κ1) is 13.8. The van der Waals surface area contributed by atoms with Crippen LogP contribution in [-0.4, -0.2) is 16.9 Å². The molecular weight excluding hydrogens is 288 g/mol. The molecule has 0 radical (unpaired) electrons. The smallest absolute Gasteiger partial charge is 0.259 e. The van der Waals surface area contributed by atoms with Crippen LogP contribution in [0.3, 0.4) is 0 Å². The number of anilines is 1. The first-order valence-corrected chi connectivity index (χ1v) is 7.68. The summed E-state index contributed by atoms with van der Waals surface area (Å²) in [6.07, 6.45) is 0.836. The highest BCUT2D eigenvalue weighted by Gasteiger charge is 2.32. The summed E-state index contributed by atoms with van der Waals surface area (Å²) in [5.41, 5.74) is 2.99. The molecular formula is C19H16N2O2. The lowest BCUT2D eigenvalue weighted by atomic mass is 10.1. The van der Waals surface area contributed by atoms with Gasteiger partial charge in [0, 0.05) is 28.7 Å². The van der Waals surface area contributed by atoms with Crippen molar-refractivity contribution in [2.45, 2.75) is 19.4 Å². The molecule has 1 aliphatic heterocycles. The summed E-state index contributed by atoms with van der Waals surface area (Å²) < 4.78 is 0. The van der Waals surface area contributed by atoms with Crippen molar-refractivity contribution in [2.75, 3.05) is 4.90 Å². The molecule has 4 rings (SSSR count). The maximum absolute atomic E-state index is 13.2. The zero-order chi connectivity index (χ0) is 16.0. The molecule has 0 bridgehead atoms. The summed E-state index contributed by atoms with van der Waals surface area (Å²) in [7, 11) is 0. The number of benzene rings is 2. The molecule has 1 amide bonds. The van der Waals surface area contributed by atoms with E-state index in [2.05, 4.69) is 11.1 Å². The van der Waals surface area contributed by atoms with E-state index in [0.717, 1.165) is 17.5 Å². The van der Waals surface area contributed by atoms with Gasteiger partial charge in [0.1, 0.15) is 0 Å². The minimum atomic E-state index is -0.257. The van der Waals surface area contributed by atoms with E-state index in [1.54, 1.807) is 4.90 Å². The van der Waals surface area contributed by atoms with Crippen molar-refractivity contribution in [2.24, 2.45) is 0 Å². The number of aromatic nitrogens is 1. The number of amides is 1. The van der Waals surface area contributed by atoms with Gasteiger partial charge in [0.15, 0.2) is 0 Å². The summed E-state index contributed by atoms with van der Waals surface area (Å²) in [5.74, 6) is -0.121. The Morgan fingerprint density at radius 3 is 2.74 bits per heavy atom. The summed E-state index contributed by atoms with van der Waals surface area (Å²) in [5, 5.41) is 0.772. The van der Waals surface area contributed by atoms with Crippen molar-refractivity contribution >= 4 is 22.5 Å². The van der Waals surface area contributed by atoms with Gasteiger partial charge in [0.2, 0.25) is 5.56 Å². The van der Waals surface area contributed by atoms with Gasteiger partial charge in [-0.3, -0.25) is 9.59 Å². The molecule has 3 aromatic rings. The number of pyridine rings is 1. The van der Waals surface area contributed by atoms with Crippen molar-refractivity contribution in [1.29, 1.82) is 0 Å². The van der Waals surface area contributed by atoms with Gasteiger partial charge in [0.05, 0.1) is 5.56 Å². The Morgan fingerprint density at radius 2 is 1.87 bits per heavy atom. The highest BCUT2D eigenvalue weighted by Crippen LogP contribution is 2.33. The Hall–Kier alpha value is -2.88. The van der Waals surface area contributed by atoms with Crippen molar-refractivity contribution < 1.29 is 4.79 Å². The fourth-order valence-electron chi connectivity index (χ4n) is 3.39. The number of para-hydroxylation sites is 2. The Balaban J connectivity index is 1.89. The van der Waals surface area contributed by atoms with Gasteiger partial charge in [-0.25, -0.2) is 0 Å². The first-order chi connectivity index (χ1) is 11.1. The van der Waals surface area contributed by atoms with Crippen molar-refractivity contribution in [3.8, 4) is 0 Å². The van der Waals surface area contributed by atoms with E-state index in [1.807, 2.05) is 49.4 Å². The van der Waals surface area contributed by atoms with Crippen LogP contribution >= 0.6 is 0 Å². The quantitative estimate of drug-likeness (QED) is 0.751. The van der Waals surface area contributed by atoms with Crippen LogP contribution < -0.4 is 10.5 Å². The lowest BCUT2D eigenvalue weighted by molar-refractivity contribution is 0.0983. The second-order valence-electron chi connectivity index (χ2n) is 5.95. The van der Waals surface area contributed by atoms with Crippen LogP contribution in [0.15, 0.2) is 59.4 Å². The number of nitrogens with zero attached hydrogens (tertiary/aromatic N) is 1. The number of rotatable bonds is 1. The molecule has 23 heavy (non-hydrogen) atoms. The average Bonchev–Trinajstić information content (AvgIpc) is 2.89. The van der Waals surface area contributed by atoms with Crippen molar-refractivity contribution in [1.82, 2.24) is 4.98 Å². The molecule has 0 spiro atoms. The van der Waals surface area contributed by atoms with Gasteiger partial charge in [-0.05, 0) is 31.0 Å². The standard InChI is InChI=1S/C19H16N2O2/c1-12-10-13-6-2-5-9-17(13)21(12)19(23)15-11-18(22)20-16-8-4-3-7-14(15)16/h2-9,11-12H,10H2,1H3,(H,20,22)/t12-/m1/s1. The van der Waals surface area contributed by atoms with Crippen LogP contribution in [-0.2, 0) is 6.42 Å². The second kappa shape index (κ2) is 5.09. The molecule has 1 aromatic heterocycles. The fraction of sp³-hybridized carbons (Fsp3) is 0.158. The fourth-order valence-corrected chi connectivity index (χ4v) is 3.39. The minimum absolute atomic E-state index is 0.0814. The summed E-state index contributed by atoms with van der Waals surface area (Å²) in [4.78, 5) is 29.7. The van der Waals surface area contributed by atoms with Gasteiger partial charge in [-0.2, -0.15) is 0 Å². The van der Waals surface area contributed by atoms with Crippen LogP contribution in [0, 0.1) is 0 Å². The number of nitrogens with one attached hydrogen (secondary N) is 1. The van der Waals surface area contributed by atoms with Gasteiger partial charge in [-0.15, -0.1) is 0 Å². The molecule has 0 unspecified atom stereocenters. The SMILES string of the molecule is C[C@@H]1Cc2ccccc2N1C(=O)c1cc(=O)[nH]c2ccccc12. The summed E-state index contributed by atoms with van der Waals surface area (Å²) >= 11 is 0. The van der Waals surface area contributed by atoms with Crippen LogP contribution in [0.1, 0.15) is 22.8 Å². The molecule has 1 atom stereocenters. The van der Waals surface area contributed by atoms with E-state index in [-0.39, 0.29) is 17.5 Å². The van der Waals surface area contributed by atoms with Gasteiger partial charge in [-0.1, -0.05) is 36.4 Å². The zero-order valence-corrected chi connectivity index (χ0v) is 12.7. The molecule has 0 saturated heterocycles. The topological polar surface area (TPSA) is 53.2 Å². The lowest BCUT2D eigenvalue weighted by Crippen LogP contribution is -2.36. The maximum Gasteiger partial charge on any atom is 0.259 e. The Bertz CT molecular complexity index is 974. The second-order valence-corrected chi connectivity index (χ2v) is 5.95. The van der Waals surface area contributed by atoms with Gasteiger partial charge >= 0.3 is 0 Å². The molecule has 0 aliphatic carbocycles. The minimum Gasteiger partial charge on any atom is -0.322 e. The van der Waals surface area contributed by atoms with Crippen LogP contribution in [0.2, 0.25) is 0 Å². The number of hydrogen-bond donors (Lipinski definition) is 1. The Kier molecular flexibility index (Phi) is 3.05. The van der Waals surface area contributed by atoms with E-state index < -0.39 is 0 Å². The average molecular weight is 304 g/mol. The van der Waals surface area contributed by atoms with Crippen LogP contribution in [0.5, 0.6) is 0 Å². The number of carbonyl (C=O) groups excluding carboxylic acids is 1. The maximum atomic E-state index is 13.2. The molecule has 0 saturated carbocycles. The van der Waals surface area contributed by atoms with E-state index >= 15 is 0 Å². The summed E-state index contributed by atoms with van der Waals surface area (Å²) in [6.45, 7) is 2.03. The van der Waals surface area contributed by atoms with Crippen molar-refractivity contribution in [3.05, 3.63) is 76.1 Å². The Morgan fingerprint density at radius 1 is 1.13 bits per heavy atom. The predicted octanol–water partition coefficient (Wildman–Crippen LogP) is 3.12. The molecule has 2 heterocycles. The number of aromatic amines is 1. The third kappa shape index (κ3) is 2.14. The molecule has 0 fully saturated rings. The van der Waals surface area contributed by atoms with Crippen LogP contribution in [0.4, 0.5) is 5.69 Å². The molecule has 4 nitrogen and oxygen atoms in total. The normalized spacial score (nSPS) is 16.6. The highest BCUT2D eigenvalue weighted by atomic mass is 16.2. The number of carbonyl (C=O) groups is 1. The van der Waals surface area contributed by atoms with E-state index in [1.165, 1.54) is 11.6 Å². The monoisotopic (exact) mass is 304 g/mol. The third-order valence-electron chi connectivity index (χ3n) is 4.41. The molecule has 2 aromatic carbocycles. The van der Waals surface area contributed by atoms with Gasteiger partial charge < -0.3 is 9.88 Å². The molecule has 1 N–H and O–H groups in total. The van der Waals surface area contributed by atoms with Crippen LogP contribution in [0.25, 0.3) is 10.9 Å². The number of fused-ring (bicyclic) bond motifs is 2. The zero-order valence-electron chi connectivity index (χ0n) is 12.7. The Labute approximate surface area is 133 Å². The van der Waals surface area contributed by atoms with E-state index in [0.29, 0.717) is 11.1 Å². The van der Waals surface area contributed by atoms with E-state index in [4.69, 9.17) is 0 Å². The molecule has 1 aliphatic rings. The van der Waals surface area contributed by atoms with Gasteiger partial charge in [0.25, 0.3) is 5.91 Å². The molecule has 114 valence electrons. The number of H-pyrrole nitrogens is 1. The molecule has 4 heteroatoms.